The summed E-state index contributed by atoms with van der Waals surface area (Å²) in [5.41, 5.74) is 0.120. The lowest BCUT2D eigenvalue weighted by Crippen LogP contribution is -2.13. The first-order valence-corrected chi connectivity index (χ1v) is 6.88. The van der Waals surface area contributed by atoms with Crippen molar-refractivity contribution in [3.05, 3.63) is 53.6 Å². The number of carbonyl (C=O) groups excluding carboxylic acids is 1. The van der Waals surface area contributed by atoms with Crippen molar-refractivity contribution in [2.24, 2.45) is 0 Å². The number of alkyl halides is 2. The second kappa shape index (κ2) is 7.67. The van der Waals surface area contributed by atoms with Gasteiger partial charge >= 0.3 is 6.61 Å². The van der Waals surface area contributed by atoms with Crippen molar-refractivity contribution >= 4 is 11.6 Å². The lowest BCUT2D eigenvalue weighted by molar-refractivity contribution is -0.0514. The summed E-state index contributed by atoms with van der Waals surface area (Å²) in [7, 11) is 0. The van der Waals surface area contributed by atoms with Crippen LogP contribution in [0.3, 0.4) is 0 Å². The van der Waals surface area contributed by atoms with Crippen molar-refractivity contribution < 1.29 is 31.8 Å². The van der Waals surface area contributed by atoms with Gasteiger partial charge in [0.25, 0.3) is 5.91 Å². The molecule has 4 nitrogen and oxygen atoms in total. The van der Waals surface area contributed by atoms with E-state index in [0.717, 1.165) is 18.2 Å². The smallest absolute Gasteiger partial charge is 0.387 e. The summed E-state index contributed by atoms with van der Waals surface area (Å²) in [6.45, 7) is -1.22. The average Bonchev–Trinajstić information content (AvgIpc) is 2.52. The van der Waals surface area contributed by atoms with E-state index >= 15 is 0 Å². The summed E-state index contributed by atoms with van der Waals surface area (Å²) in [5, 5.41) is 2.37. The molecule has 128 valence electrons. The highest BCUT2D eigenvalue weighted by molar-refractivity contribution is 6.04. The van der Waals surface area contributed by atoms with Crippen LogP contribution in [0, 0.1) is 11.6 Å². The Bertz CT molecular complexity index is 737. The summed E-state index contributed by atoms with van der Waals surface area (Å²) in [4.78, 5) is 12.1. The largest absolute Gasteiger partial charge is 0.490 e. The predicted molar refractivity (Wildman–Crippen MR) is 78.6 cm³/mol. The van der Waals surface area contributed by atoms with Crippen LogP contribution in [-0.2, 0) is 0 Å². The highest BCUT2D eigenvalue weighted by atomic mass is 19.3. The van der Waals surface area contributed by atoms with Gasteiger partial charge in [-0.15, -0.1) is 0 Å². The third-order valence-electron chi connectivity index (χ3n) is 2.90. The van der Waals surface area contributed by atoms with Gasteiger partial charge in [-0.25, -0.2) is 8.78 Å². The fourth-order valence-corrected chi connectivity index (χ4v) is 1.89. The van der Waals surface area contributed by atoms with Gasteiger partial charge < -0.3 is 14.8 Å². The number of hydrogen-bond acceptors (Lipinski definition) is 3. The molecular weight excluding hydrogens is 330 g/mol. The van der Waals surface area contributed by atoms with Crippen LogP contribution in [0.15, 0.2) is 36.4 Å². The fourth-order valence-electron chi connectivity index (χ4n) is 1.89. The Kier molecular flexibility index (Phi) is 5.62. The molecule has 0 fully saturated rings. The second-order valence-electron chi connectivity index (χ2n) is 4.56. The SMILES string of the molecule is CCOc1cc(C(=O)Nc2ccc(F)c(F)c2)ccc1OC(F)F. The summed E-state index contributed by atoms with van der Waals surface area (Å²) in [6.07, 6.45) is 0. The lowest BCUT2D eigenvalue weighted by atomic mass is 10.1. The van der Waals surface area contributed by atoms with E-state index in [1.807, 2.05) is 0 Å². The molecule has 0 saturated carbocycles. The van der Waals surface area contributed by atoms with Crippen LogP contribution in [0.5, 0.6) is 11.5 Å². The Labute approximate surface area is 135 Å². The molecule has 0 radical (unpaired) electrons. The number of ether oxygens (including phenoxy) is 2. The average molecular weight is 343 g/mol. The van der Waals surface area contributed by atoms with E-state index < -0.39 is 24.2 Å². The van der Waals surface area contributed by atoms with E-state index in [-0.39, 0.29) is 29.4 Å². The third-order valence-corrected chi connectivity index (χ3v) is 2.90. The number of nitrogens with one attached hydrogen (secondary N) is 1. The molecule has 1 amide bonds. The van der Waals surface area contributed by atoms with Crippen LogP contribution < -0.4 is 14.8 Å². The molecule has 0 aromatic heterocycles. The summed E-state index contributed by atoms with van der Waals surface area (Å²) >= 11 is 0. The first kappa shape index (κ1) is 17.6. The minimum atomic E-state index is -3.04. The van der Waals surface area contributed by atoms with Crippen LogP contribution >= 0.6 is 0 Å². The molecule has 0 spiro atoms. The van der Waals surface area contributed by atoms with E-state index in [2.05, 4.69) is 10.1 Å². The molecule has 24 heavy (non-hydrogen) atoms. The van der Waals surface area contributed by atoms with Crippen LogP contribution in [0.25, 0.3) is 0 Å². The zero-order chi connectivity index (χ0) is 17.7. The molecule has 1 N–H and O–H groups in total. The van der Waals surface area contributed by atoms with E-state index in [1.165, 1.54) is 18.2 Å². The molecular formula is C16H13F4NO3. The first-order chi connectivity index (χ1) is 11.4. The van der Waals surface area contributed by atoms with Gasteiger partial charge in [-0.1, -0.05) is 0 Å². The Morgan fingerprint density at radius 1 is 1.08 bits per heavy atom. The zero-order valence-corrected chi connectivity index (χ0v) is 12.5. The molecule has 2 aromatic carbocycles. The minimum Gasteiger partial charge on any atom is -0.490 e. The first-order valence-electron chi connectivity index (χ1n) is 6.88. The Morgan fingerprint density at radius 2 is 1.83 bits per heavy atom. The molecule has 0 atom stereocenters. The molecule has 0 heterocycles. The Balaban J connectivity index is 2.22. The van der Waals surface area contributed by atoms with E-state index in [4.69, 9.17) is 4.74 Å². The highest BCUT2D eigenvalue weighted by Crippen LogP contribution is 2.30. The highest BCUT2D eigenvalue weighted by Gasteiger charge is 2.15. The monoisotopic (exact) mass is 343 g/mol. The van der Waals surface area contributed by atoms with Crippen LogP contribution in [0.1, 0.15) is 17.3 Å². The number of halogens is 4. The maximum Gasteiger partial charge on any atom is 0.387 e. The van der Waals surface area contributed by atoms with Gasteiger partial charge in [0.05, 0.1) is 6.61 Å². The van der Waals surface area contributed by atoms with Crippen LogP contribution in [0.4, 0.5) is 23.2 Å². The molecule has 0 saturated heterocycles. The normalized spacial score (nSPS) is 10.6. The number of amides is 1. The van der Waals surface area contributed by atoms with Crippen molar-refractivity contribution in [2.75, 3.05) is 11.9 Å². The van der Waals surface area contributed by atoms with E-state index in [0.29, 0.717) is 0 Å². The van der Waals surface area contributed by atoms with Gasteiger partial charge in [0.2, 0.25) is 0 Å². The predicted octanol–water partition coefficient (Wildman–Crippen LogP) is 4.22. The van der Waals surface area contributed by atoms with Gasteiger partial charge in [0.1, 0.15) is 0 Å². The van der Waals surface area contributed by atoms with Crippen molar-refractivity contribution in [2.45, 2.75) is 13.5 Å². The fraction of sp³-hybridized carbons (Fsp3) is 0.188. The number of benzene rings is 2. The molecule has 0 aliphatic carbocycles. The molecule has 2 aromatic rings. The Hall–Kier alpha value is -2.77. The quantitative estimate of drug-likeness (QED) is 0.799. The number of hydrogen-bond donors (Lipinski definition) is 1. The standard InChI is InChI=1S/C16H13F4NO3/c1-2-23-14-7-9(3-6-13(14)24-16(19)20)15(22)21-10-4-5-11(17)12(18)8-10/h3-8,16H,2H2,1H3,(H,21,22). The van der Waals surface area contributed by atoms with E-state index in [1.54, 1.807) is 6.92 Å². The topological polar surface area (TPSA) is 47.6 Å². The van der Waals surface area contributed by atoms with Gasteiger partial charge in [0.15, 0.2) is 23.1 Å². The third kappa shape index (κ3) is 4.37. The van der Waals surface area contributed by atoms with Crippen molar-refractivity contribution in [3.8, 4) is 11.5 Å². The summed E-state index contributed by atoms with van der Waals surface area (Å²) < 4.78 is 60.1. The molecule has 2 rings (SSSR count). The summed E-state index contributed by atoms with van der Waals surface area (Å²) in [5.74, 6) is -3.04. The van der Waals surface area contributed by atoms with Crippen molar-refractivity contribution in [1.82, 2.24) is 0 Å². The molecule has 8 heteroatoms. The summed E-state index contributed by atoms with van der Waals surface area (Å²) in [6, 6.07) is 6.51. The Morgan fingerprint density at radius 3 is 2.46 bits per heavy atom. The van der Waals surface area contributed by atoms with Crippen molar-refractivity contribution in [3.63, 3.8) is 0 Å². The number of anilines is 1. The second-order valence-corrected chi connectivity index (χ2v) is 4.56. The molecule has 0 bridgehead atoms. The van der Waals surface area contributed by atoms with E-state index in [9.17, 15) is 22.4 Å². The zero-order valence-electron chi connectivity index (χ0n) is 12.5. The van der Waals surface area contributed by atoms with Crippen LogP contribution in [-0.4, -0.2) is 19.1 Å². The van der Waals surface area contributed by atoms with Crippen molar-refractivity contribution in [1.29, 1.82) is 0 Å². The van der Waals surface area contributed by atoms with Gasteiger partial charge in [-0.05, 0) is 37.3 Å². The number of rotatable bonds is 6. The maximum atomic E-state index is 13.1. The lowest BCUT2D eigenvalue weighted by Gasteiger charge is -2.13. The minimum absolute atomic E-state index is 0.0317. The molecule has 0 aliphatic rings. The number of carbonyl (C=O) groups is 1. The maximum absolute atomic E-state index is 13.1. The van der Waals surface area contributed by atoms with Crippen LogP contribution in [0.2, 0.25) is 0 Å². The van der Waals surface area contributed by atoms with Gasteiger partial charge in [-0.3, -0.25) is 4.79 Å². The van der Waals surface area contributed by atoms with Gasteiger partial charge in [0, 0.05) is 17.3 Å². The molecule has 0 aliphatic heterocycles. The molecule has 0 unspecified atom stereocenters. The van der Waals surface area contributed by atoms with Gasteiger partial charge in [-0.2, -0.15) is 8.78 Å².